The third-order valence-electron chi connectivity index (χ3n) is 4.78. The number of nitrogens with zero attached hydrogens (tertiary/aromatic N) is 2. The first-order valence-electron chi connectivity index (χ1n) is 9.48. The minimum absolute atomic E-state index is 0.0876. The van der Waals surface area contributed by atoms with E-state index in [1.165, 1.54) is 29.3 Å². The summed E-state index contributed by atoms with van der Waals surface area (Å²) in [5.74, 6) is -0.0157. The highest BCUT2D eigenvalue weighted by molar-refractivity contribution is 7.07. The number of allylic oxidation sites excluding steroid dienone is 1. The molecule has 1 atom stereocenters. The lowest BCUT2D eigenvalue weighted by Gasteiger charge is -2.25. The average Bonchev–Trinajstić information content (AvgIpc) is 3.36. The van der Waals surface area contributed by atoms with Gasteiger partial charge in [-0.3, -0.25) is 9.36 Å². The predicted molar refractivity (Wildman–Crippen MR) is 117 cm³/mol. The predicted octanol–water partition coefficient (Wildman–Crippen LogP) is 2.67. The number of aromatic nitrogens is 1. The van der Waals surface area contributed by atoms with E-state index in [1.54, 1.807) is 43.3 Å². The summed E-state index contributed by atoms with van der Waals surface area (Å²) in [7, 11) is 1.52. The molecule has 1 unspecified atom stereocenters. The van der Waals surface area contributed by atoms with Crippen molar-refractivity contribution in [3.8, 4) is 0 Å². The molecule has 0 saturated carbocycles. The molecule has 9 heteroatoms. The third kappa shape index (κ3) is 4.14. The minimum atomic E-state index is -0.765. The van der Waals surface area contributed by atoms with Crippen LogP contribution in [0.2, 0.25) is 5.02 Å². The number of furan rings is 1. The number of benzene rings is 1. The Bertz CT molecular complexity index is 1320. The summed E-state index contributed by atoms with van der Waals surface area (Å²) in [5, 5.41) is 0.435. The third-order valence-corrected chi connectivity index (χ3v) is 6.11. The number of methoxy groups -OCH3 is 1. The monoisotopic (exact) mass is 458 g/mol. The number of carbonyl (C=O) groups is 1. The molecule has 0 bridgehead atoms. The Kier molecular flexibility index (Phi) is 6.22. The zero-order valence-corrected chi connectivity index (χ0v) is 18.4. The van der Waals surface area contributed by atoms with Crippen LogP contribution >= 0.6 is 22.9 Å². The number of hydrogen-bond acceptors (Lipinski definition) is 7. The highest BCUT2D eigenvalue weighted by Gasteiger charge is 2.34. The first kappa shape index (κ1) is 21.3. The molecule has 160 valence electrons. The zero-order valence-electron chi connectivity index (χ0n) is 16.8. The van der Waals surface area contributed by atoms with Gasteiger partial charge in [-0.25, -0.2) is 9.79 Å². The van der Waals surface area contributed by atoms with Gasteiger partial charge in [-0.2, -0.15) is 0 Å². The molecule has 0 radical (unpaired) electrons. The topological polar surface area (TPSA) is 83.0 Å². The number of fused-ring (bicyclic) bond motifs is 1. The zero-order chi connectivity index (χ0) is 22.0. The summed E-state index contributed by atoms with van der Waals surface area (Å²) in [4.78, 5) is 31.4. The van der Waals surface area contributed by atoms with E-state index in [0.717, 1.165) is 0 Å². The van der Waals surface area contributed by atoms with Crippen molar-refractivity contribution in [3.63, 3.8) is 0 Å². The van der Waals surface area contributed by atoms with E-state index >= 15 is 0 Å². The Morgan fingerprint density at radius 1 is 1.29 bits per heavy atom. The molecule has 31 heavy (non-hydrogen) atoms. The van der Waals surface area contributed by atoms with E-state index in [1.807, 2.05) is 6.07 Å². The number of esters is 1. The molecule has 1 aliphatic heterocycles. The molecule has 0 saturated heterocycles. The molecule has 3 heterocycles. The number of rotatable bonds is 6. The van der Waals surface area contributed by atoms with E-state index in [-0.39, 0.29) is 24.3 Å². The Hall–Kier alpha value is -2.94. The van der Waals surface area contributed by atoms with Gasteiger partial charge < -0.3 is 13.9 Å². The molecule has 0 spiro atoms. The fraction of sp³-hybridized carbons (Fsp3) is 0.227. The van der Waals surface area contributed by atoms with Crippen LogP contribution in [0, 0.1) is 0 Å². The van der Waals surface area contributed by atoms with Gasteiger partial charge in [0.25, 0.3) is 5.56 Å². The number of thiazole rings is 1. The summed E-state index contributed by atoms with van der Waals surface area (Å²) in [5.41, 5.74) is 1.06. The standard InChI is InChI=1S/C22H19ClN2O5S/c1-13-18(21(27)30-11-10-28-2)19(15-7-3-4-8-16(15)23)25-20(26)17(31-22(25)24-13)12-14-6-5-9-29-14/h3-9,12,19H,10-11H2,1-2H3/b17-12+. The van der Waals surface area contributed by atoms with Crippen molar-refractivity contribution in [3.05, 3.63) is 90.0 Å². The molecule has 0 aliphatic carbocycles. The summed E-state index contributed by atoms with van der Waals surface area (Å²) in [6.45, 7) is 2.07. The smallest absolute Gasteiger partial charge is 0.338 e. The van der Waals surface area contributed by atoms with E-state index in [4.69, 9.17) is 25.5 Å². The number of carbonyl (C=O) groups excluding carboxylic acids is 1. The van der Waals surface area contributed by atoms with Crippen LogP contribution in [-0.2, 0) is 14.3 Å². The van der Waals surface area contributed by atoms with Crippen molar-refractivity contribution in [2.24, 2.45) is 4.99 Å². The van der Waals surface area contributed by atoms with Gasteiger partial charge in [0, 0.05) is 18.2 Å². The summed E-state index contributed by atoms with van der Waals surface area (Å²) < 4.78 is 17.6. The lowest BCUT2D eigenvalue weighted by molar-refractivity contribution is -0.140. The largest absolute Gasteiger partial charge is 0.465 e. The number of halogens is 1. The maximum atomic E-state index is 13.4. The average molecular weight is 459 g/mol. The number of hydrogen-bond donors (Lipinski definition) is 0. The molecular formula is C22H19ClN2O5S. The molecule has 0 fully saturated rings. The van der Waals surface area contributed by atoms with E-state index < -0.39 is 12.0 Å². The highest BCUT2D eigenvalue weighted by Crippen LogP contribution is 2.34. The Balaban J connectivity index is 1.91. The van der Waals surface area contributed by atoms with Gasteiger partial charge in [0.2, 0.25) is 0 Å². The van der Waals surface area contributed by atoms with Gasteiger partial charge >= 0.3 is 5.97 Å². The van der Waals surface area contributed by atoms with E-state index in [2.05, 4.69) is 4.99 Å². The van der Waals surface area contributed by atoms with Crippen molar-refractivity contribution in [2.75, 3.05) is 20.3 Å². The van der Waals surface area contributed by atoms with E-state index in [9.17, 15) is 9.59 Å². The normalized spacial score (nSPS) is 16.2. The van der Waals surface area contributed by atoms with Crippen LogP contribution < -0.4 is 14.9 Å². The quantitative estimate of drug-likeness (QED) is 0.419. The maximum Gasteiger partial charge on any atom is 0.338 e. The van der Waals surface area contributed by atoms with Gasteiger partial charge in [-0.15, -0.1) is 0 Å². The van der Waals surface area contributed by atoms with E-state index in [0.29, 0.717) is 31.4 Å². The molecule has 0 amide bonds. The van der Waals surface area contributed by atoms with Crippen LogP contribution in [-0.4, -0.2) is 30.9 Å². The van der Waals surface area contributed by atoms with Gasteiger partial charge in [-0.1, -0.05) is 41.1 Å². The van der Waals surface area contributed by atoms with Crippen LogP contribution in [0.5, 0.6) is 0 Å². The van der Waals surface area contributed by atoms with Crippen LogP contribution in [0.15, 0.2) is 68.1 Å². The lowest BCUT2D eigenvalue weighted by atomic mass is 9.96. The van der Waals surface area contributed by atoms with Crippen LogP contribution in [0.3, 0.4) is 0 Å². The fourth-order valence-corrected chi connectivity index (χ4v) is 4.64. The molecule has 3 aromatic rings. The molecule has 4 rings (SSSR count). The molecule has 1 aromatic carbocycles. The molecular weight excluding hydrogens is 440 g/mol. The molecule has 0 N–H and O–H groups in total. The first-order valence-corrected chi connectivity index (χ1v) is 10.7. The maximum absolute atomic E-state index is 13.4. The fourth-order valence-electron chi connectivity index (χ4n) is 3.37. The molecule has 7 nitrogen and oxygen atoms in total. The summed E-state index contributed by atoms with van der Waals surface area (Å²) in [6, 6.07) is 9.85. The van der Waals surface area contributed by atoms with Crippen molar-refractivity contribution >= 4 is 35.0 Å². The minimum Gasteiger partial charge on any atom is -0.465 e. The van der Waals surface area contributed by atoms with Gasteiger partial charge in [0.15, 0.2) is 4.80 Å². The van der Waals surface area contributed by atoms with Crippen molar-refractivity contribution in [2.45, 2.75) is 13.0 Å². The summed E-state index contributed by atoms with van der Waals surface area (Å²) in [6.07, 6.45) is 3.19. The van der Waals surface area contributed by atoms with Gasteiger partial charge in [0.05, 0.1) is 28.7 Å². The first-order chi connectivity index (χ1) is 15.0. The highest BCUT2D eigenvalue weighted by atomic mass is 35.5. The Morgan fingerprint density at radius 3 is 2.81 bits per heavy atom. The van der Waals surface area contributed by atoms with Crippen LogP contribution in [0.4, 0.5) is 0 Å². The Labute approximate surface area is 186 Å². The molecule has 1 aliphatic rings. The van der Waals surface area contributed by atoms with Gasteiger partial charge in [0.1, 0.15) is 18.4 Å². The second-order valence-electron chi connectivity index (χ2n) is 6.75. The second-order valence-corrected chi connectivity index (χ2v) is 8.16. The summed E-state index contributed by atoms with van der Waals surface area (Å²) >= 11 is 7.71. The van der Waals surface area contributed by atoms with Gasteiger partial charge in [-0.05, 0) is 30.7 Å². The van der Waals surface area contributed by atoms with Crippen molar-refractivity contribution in [1.82, 2.24) is 4.57 Å². The van der Waals surface area contributed by atoms with Crippen LogP contribution in [0.1, 0.15) is 24.3 Å². The van der Waals surface area contributed by atoms with Crippen molar-refractivity contribution < 1.29 is 18.7 Å². The van der Waals surface area contributed by atoms with Crippen molar-refractivity contribution in [1.29, 1.82) is 0 Å². The second kappa shape index (κ2) is 9.05. The Morgan fingerprint density at radius 2 is 2.10 bits per heavy atom. The van der Waals surface area contributed by atoms with Crippen LogP contribution in [0.25, 0.3) is 6.08 Å². The SMILES string of the molecule is COCCOC(=O)C1=C(C)N=c2s/c(=C/c3ccco3)c(=O)n2C1c1ccccc1Cl. The molecule has 2 aromatic heterocycles. The number of ether oxygens (including phenoxy) is 2. The lowest BCUT2D eigenvalue weighted by Crippen LogP contribution is -2.40.